The second kappa shape index (κ2) is 6.77. The zero-order chi connectivity index (χ0) is 18.1. The van der Waals surface area contributed by atoms with Crippen LogP contribution in [0.1, 0.15) is 31.8 Å². The van der Waals surface area contributed by atoms with E-state index >= 15 is 0 Å². The maximum absolute atomic E-state index is 13.0. The molecule has 4 rings (SSSR count). The van der Waals surface area contributed by atoms with Crippen molar-refractivity contribution in [3.05, 3.63) is 93.5 Å². The van der Waals surface area contributed by atoms with Crippen LogP contribution in [0, 0.1) is 0 Å². The highest BCUT2D eigenvalue weighted by Gasteiger charge is 2.33. The first-order valence-corrected chi connectivity index (χ1v) is 8.89. The summed E-state index contributed by atoms with van der Waals surface area (Å²) in [5, 5.41) is 3.11. The van der Waals surface area contributed by atoms with Crippen molar-refractivity contribution in [2.24, 2.45) is 0 Å². The van der Waals surface area contributed by atoms with E-state index in [9.17, 15) is 9.59 Å². The van der Waals surface area contributed by atoms with Gasteiger partial charge in [-0.25, -0.2) is 0 Å². The Labute approximate surface area is 158 Å². The molecule has 0 bridgehead atoms. The molecule has 128 valence electrons. The fourth-order valence-electron chi connectivity index (χ4n) is 3.04. The Morgan fingerprint density at radius 3 is 2.08 bits per heavy atom. The number of hydrogen-bond acceptors (Lipinski definition) is 4. The van der Waals surface area contributed by atoms with Gasteiger partial charge in [0.15, 0.2) is 18.3 Å². The van der Waals surface area contributed by atoms with Gasteiger partial charge in [0.2, 0.25) is 0 Å². The van der Waals surface area contributed by atoms with E-state index in [1.807, 2.05) is 30.3 Å². The second-order valence-corrected chi connectivity index (χ2v) is 6.68. The summed E-state index contributed by atoms with van der Waals surface area (Å²) >= 11 is 3.41. The van der Waals surface area contributed by atoms with Gasteiger partial charge in [-0.1, -0.05) is 58.4 Å². The van der Waals surface area contributed by atoms with Crippen molar-refractivity contribution in [2.75, 3.05) is 12.0 Å². The molecular weight excluding hydrogens is 394 g/mol. The van der Waals surface area contributed by atoms with Gasteiger partial charge in [0.25, 0.3) is 0 Å². The van der Waals surface area contributed by atoms with Crippen LogP contribution in [-0.2, 0) is 0 Å². The number of hydrogen-bond donors (Lipinski definition) is 1. The Kier molecular flexibility index (Phi) is 4.31. The molecule has 0 fully saturated rings. The maximum atomic E-state index is 13.0. The molecule has 0 saturated heterocycles. The minimum absolute atomic E-state index is 0.158. The number of carbonyl (C=O) groups excluding carboxylic acids is 2. The van der Waals surface area contributed by atoms with E-state index < -0.39 is 0 Å². The van der Waals surface area contributed by atoms with Gasteiger partial charge in [0.1, 0.15) is 5.75 Å². The number of nitrogens with one attached hydrogen (secondary N) is 1. The lowest BCUT2D eigenvalue weighted by Gasteiger charge is -2.22. The van der Waals surface area contributed by atoms with Crippen molar-refractivity contribution in [1.82, 2.24) is 0 Å². The normalized spacial score (nSPS) is 12.3. The lowest BCUT2D eigenvalue weighted by atomic mass is 9.83. The number of benzene rings is 3. The molecule has 0 spiro atoms. The van der Waals surface area contributed by atoms with Crippen molar-refractivity contribution in [1.29, 1.82) is 0 Å². The number of carbonyl (C=O) groups is 2. The van der Waals surface area contributed by atoms with Gasteiger partial charge in [0, 0.05) is 26.9 Å². The van der Waals surface area contributed by atoms with Crippen LogP contribution in [0.25, 0.3) is 0 Å². The standard InChI is InChI=1S/C21H14BrNO3/c22-16-10-11-17(23-12-26-13-6-2-1-3-7-13)19-18(16)20(24)14-8-4-5-9-15(14)21(19)25/h1-11,23H,12H2. The van der Waals surface area contributed by atoms with Crippen LogP contribution in [0.5, 0.6) is 5.75 Å². The molecule has 0 unspecified atom stereocenters. The quantitative estimate of drug-likeness (QED) is 0.499. The van der Waals surface area contributed by atoms with Crippen LogP contribution in [-0.4, -0.2) is 18.3 Å². The molecule has 4 nitrogen and oxygen atoms in total. The minimum atomic E-state index is -0.168. The zero-order valence-corrected chi connectivity index (χ0v) is 15.2. The SMILES string of the molecule is O=C1c2ccccc2C(=O)c2c(NCOc3ccccc3)ccc(Br)c21. The van der Waals surface area contributed by atoms with Crippen molar-refractivity contribution in [2.45, 2.75) is 0 Å². The summed E-state index contributed by atoms with van der Waals surface area (Å²) in [5.74, 6) is 0.396. The highest BCUT2D eigenvalue weighted by molar-refractivity contribution is 9.10. The van der Waals surface area contributed by atoms with Crippen LogP contribution in [0.3, 0.4) is 0 Å². The van der Waals surface area contributed by atoms with Gasteiger partial charge in [-0.15, -0.1) is 0 Å². The molecule has 26 heavy (non-hydrogen) atoms. The predicted molar refractivity (Wildman–Crippen MR) is 103 cm³/mol. The second-order valence-electron chi connectivity index (χ2n) is 5.83. The Hall–Kier alpha value is -2.92. The first-order valence-electron chi connectivity index (χ1n) is 8.09. The van der Waals surface area contributed by atoms with Crippen LogP contribution >= 0.6 is 15.9 Å². The molecule has 0 radical (unpaired) electrons. The highest BCUT2D eigenvalue weighted by atomic mass is 79.9. The van der Waals surface area contributed by atoms with Crippen molar-refractivity contribution < 1.29 is 14.3 Å². The Morgan fingerprint density at radius 2 is 1.38 bits per heavy atom. The molecule has 1 aliphatic rings. The third kappa shape index (κ3) is 2.80. The van der Waals surface area contributed by atoms with Gasteiger partial charge in [-0.05, 0) is 24.3 Å². The first-order chi connectivity index (χ1) is 12.7. The molecule has 1 N–H and O–H groups in total. The molecule has 3 aromatic rings. The smallest absolute Gasteiger partial charge is 0.196 e. The Morgan fingerprint density at radius 1 is 0.769 bits per heavy atom. The molecule has 0 aliphatic heterocycles. The summed E-state index contributed by atoms with van der Waals surface area (Å²) in [5.41, 5.74) is 2.20. The Balaban J connectivity index is 1.68. The number of anilines is 1. The summed E-state index contributed by atoms with van der Waals surface area (Å²) in [6.45, 7) is 0.182. The molecule has 0 atom stereocenters. The molecular formula is C21H14BrNO3. The van der Waals surface area contributed by atoms with Gasteiger partial charge in [-0.3, -0.25) is 9.59 Å². The van der Waals surface area contributed by atoms with Gasteiger partial charge < -0.3 is 10.1 Å². The minimum Gasteiger partial charge on any atom is -0.473 e. The van der Waals surface area contributed by atoms with E-state index in [1.54, 1.807) is 36.4 Å². The fourth-order valence-corrected chi connectivity index (χ4v) is 3.56. The number of rotatable bonds is 4. The van der Waals surface area contributed by atoms with Gasteiger partial charge in [0.05, 0.1) is 5.56 Å². The van der Waals surface area contributed by atoms with E-state index in [0.29, 0.717) is 32.4 Å². The van der Waals surface area contributed by atoms with Crippen LogP contribution in [0.2, 0.25) is 0 Å². The van der Waals surface area contributed by atoms with Crippen LogP contribution < -0.4 is 10.1 Å². The summed E-state index contributed by atoms with van der Waals surface area (Å²) in [6.07, 6.45) is 0. The molecule has 5 heteroatoms. The van der Waals surface area contributed by atoms with E-state index in [1.165, 1.54) is 0 Å². The van der Waals surface area contributed by atoms with Crippen molar-refractivity contribution in [3.63, 3.8) is 0 Å². The lowest BCUT2D eigenvalue weighted by molar-refractivity contribution is 0.0979. The number of halogens is 1. The average Bonchev–Trinajstić information content (AvgIpc) is 2.68. The lowest BCUT2D eigenvalue weighted by Crippen LogP contribution is -2.23. The van der Waals surface area contributed by atoms with E-state index in [-0.39, 0.29) is 18.3 Å². The maximum Gasteiger partial charge on any atom is 0.196 e. The Bertz CT molecular complexity index is 1020. The number of ketones is 2. The van der Waals surface area contributed by atoms with Crippen LogP contribution in [0.15, 0.2) is 71.2 Å². The summed E-state index contributed by atoms with van der Waals surface area (Å²) in [6, 6.07) is 19.8. The largest absolute Gasteiger partial charge is 0.473 e. The number of para-hydroxylation sites is 1. The fraction of sp³-hybridized carbons (Fsp3) is 0.0476. The van der Waals surface area contributed by atoms with Crippen molar-refractivity contribution in [3.8, 4) is 5.75 Å². The van der Waals surface area contributed by atoms with Gasteiger partial charge >= 0.3 is 0 Å². The number of fused-ring (bicyclic) bond motifs is 2. The van der Waals surface area contributed by atoms with E-state index in [2.05, 4.69) is 21.2 Å². The monoisotopic (exact) mass is 407 g/mol. The van der Waals surface area contributed by atoms with E-state index in [4.69, 9.17) is 4.74 Å². The topological polar surface area (TPSA) is 55.4 Å². The third-order valence-electron chi connectivity index (χ3n) is 4.27. The third-order valence-corrected chi connectivity index (χ3v) is 4.93. The van der Waals surface area contributed by atoms with E-state index in [0.717, 1.165) is 5.75 Å². The highest BCUT2D eigenvalue weighted by Crippen LogP contribution is 2.36. The summed E-state index contributed by atoms with van der Waals surface area (Å²) in [7, 11) is 0. The molecule has 1 aliphatic carbocycles. The molecule has 0 saturated carbocycles. The molecule has 0 aromatic heterocycles. The van der Waals surface area contributed by atoms with Gasteiger partial charge in [-0.2, -0.15) is 0 Å². The molecule has 0 heterocycles. The first kappa shape index (κ1) is 16.5. The molecule has 0 amide bonds. The average molecular weight is 408 g/mol. The zero-order valence-electron chi connectivity index (χ0n) is 13.7. The molecule has 3 aromatic carbocycles. The predicted octanol–water partition coefficient (Wildman–Crippen LogP) is 4.67. The number of ether oxygens (including phenoxy) is 1. The summed E-state index contributed by atoms with van der Waals surface area (Å²) < 4.78 is 6.25. The summed E-state index contributed by atoms with van der Waals surface area (Å²) in [4.78, 5) is 25.9. The van der Waals surface area contributed by atoms with Crippen LogP contribution in [0.4, 0.5) is 5.69 Å². The van der Waals surface area contributed by atoms with Crippen molar-refractivity contribution >= 4 is 33.2 Å².